The van der Waals surface area contributed by atoms with E-state index in [1.165, 1.54) is 33.5 Å². The molecule has 2 amide bonds. The van der Waals surface area contributed by atoms with Gasteiger partial charge < -0.3 is 15.0 Å². The zero-order chi connectivity index (χ0) is 21.7. The number of benzene rings is 2. The second-order valence-corrected chi connectivity index (χ2v) is 8.89. The number of rotatable bonds is 5. The monoisotopic (exact) mass is 451 g/mol. The van der Waals surface area contributed by atoms with E-state index in [0.717, 1.165) is 0 Å². The Bertz CT molecular complexity index is 1020. The van der Waals surface area contributed by atoms with Gasteiger partial charge in [-0.1, -0.05) is 23.7 Å². The minimum atomic E-state index is -3.73. The number of carbonyl (C=O) groups is 2. The first-order valence-electron chi connectivity index (χ1n) is 9.40. The van der Waals surface area contributed by atoms with Crippen molar-refractivity contribution in [3.8, 4) is 0 Å². The number of nitrogens with one attached hydrogen (secondary N) is 1. The minimum Gasteiger partial charge on any atom is -0.450 e. The fourth-order valence-electron chi connectivity index (χ4n) is 3.01. The molecule has 30 heavy (non-hydrogen) atoms. The van der Waals surface area contributed by atoms with Crippen LogP contribution in [0.2, 0.25) is 5.02 Å². The Kier molecular flexibility index (Phi) is 6.96. The molecule has 1 aliphatic rings. The van der Waals surface area contributed by atoms with Gasteiger partial charge in [-0.3, -0.25) is 4.79 Å². The van der Waals surface area contributed by atoms with Crippen LogP contribution in [0.5, 0.6) is 0 Å². The van der Waals surface area contributed by atoms with Gasteiger partial charge in [0.2, 0.25) is 10.0 Å². The fourth-order valence-corrected chi connectivity index (χ4v) is 4.62. The summed E-state index contributed by atoms with van der Waals surface area (Å²) in [6.45, 7) is 2.86. The van der Waals surface area contributed by atoms with Crippen molar-refractivity contribution in [3.63, 3.8) is 0 Å². The van der Waals surface area contributed by atoms with Gasteiger partial charge in [-0.25, -0.2) is 13.2 Å². The summed E-state index contributed by atoms with van der Waals surface area (Å²) in [6, 6.07) is 12.5. The summed E-state index contributed by atoms with van der Waals surface area (Å²) in [5.41, 5.74) is 0.779. The molecule has 1 aliphatic heterocycles. The Morgan fingerprint density at radius 3 is 2.27 bits per heavy atom. The molecule has 1 saturated heterocycles. The largest absolute Gasteiger partial charge is 0.450 e. The van der Waals surface area contributed by atoms with E-state index in [0.29, 0.717) is 16.3 Å². The van der Waals surface area contributed by atoms with E-state index in [2.05, 4.69) is 5.32 Å². The molecule has 0 saturated carbocycles. The number of amides is 2. The molecule has 1 heterocycles. The number of piperazine rings is 1. The van der Waals surface area contributed by atoms with Crippen LogP contribution >= 0.6 is 11.6 Å². The summed E-state index contributed by atoms with van der Waals surface area (Å²) in [5, 5.41) is 3.10. The van der Waals surface area contributed by atoms with E-state index in [-0.39, 0.29) is 37.7 Å². The number of sulfonamides is 1. The van der Waals surface area contributed by atoms with Crippen LogP contribution in [0.3, 0.4) is 0 Å². The zero-order valence-corrected chi connectivity index (χ0v) is 17.9. The molecule has 0 radical (unpaired) electrons. The second-order valence-electron chi connectivity index (χ2n) is 6.55. The van der Waals surface area contributed by atoms with Gasteiger partial charge in [0.25, 0.3) is 5.91 Å². The standard InChI is InChI=1S/C20H22ClN3O5S/c1-2-29-20(26)23-11-13-24(14-12-23)30(27,28)16-9-7-15(8-10-16)19(25)22-18-6-4-3-5-17(18)21/h3-10H,2,11-14H2,1H3,(H,22,25). The molecule has 10 heteroatoms. The topological polar surface area (TPSA) is 96.0 Å². The first-order valence-corrected chi connectivity index (χ1v) is 11.2. The molecule has 0 aromatic heterocycles. The van der Waals surface area contributed by atoms with E-state index in [9.17, 15) is 18.0 Å². The van der Waals surface area contributed by atoms with Gasteiger partial charge >= 0.3 is 6.09 Å². The van der Waals surface area contributed by atoms with Crippen LogP contribution in [0.25, 0.3) is 0 Å². The molecule has 160 valence electrons. The fraction of sp³-hybridized carbons (Fsp3) is 0.300. The Hall–Kier alpha value is -2.62. The molecule has 2 aromatic rings. The van der Waals surface area contributed by atoms with Gasteiger partial charge in [0.1, 0.15) is 0 Å². The van der Waals surface area contributed by atoms with Crippen LogP contribution in [-0.2, 0) is 14.8 Å². The highest BCUT2D eigenvalue weighted by Gasteiger charge is 2.30. The Balaban J connectivity index is 1.66. The summed E-state index contributed by atoms with van der Waals surface area (Å²) in [7, 11) is -3.73. The van der Waals surface area contributed by atoms with E-state index in [1.54, 1.807) is 31.2 Å². The average Bonchev–Trinajstić information content (AvgIpc) is 2.75. The summed E-state index contributed by atoms with van der Waals surface area (Å²) >= 11 is 6.04. The average molecular weight is 452 g/mol. The van der Waals surface area contributed by atoms with E-state index in [1.807, 2.05) is 0 Å². The summed E-state index contributed by atoms with van der Waals surface area (Å²) < 4.78 is 32.0. The maximum Gasteiger partial charge on any atom is 0.409 e. The lowest BCUT2D eigenvalue weighted by Crippen LogP contribution is -2.50. The number of para-hydroxylation sites is 1. The maximum atomic E-state index is 12.9. The van der Waals surface area contributed by atoms with Gasteiger partial charge in [-0.2, -0.15) is 4.31 Å². The predicted molar refractivity (Wildman–Crippen MR) is 113 cm³/mol. The zero-order valence-electron chi connectivity index (χ0n) is 16.4. The smallest absolute Gasteiger partial charge is 0.409 e. The predicted octanol–water partition coefficient (Wildman–Crippen LogP) is 3.06. The van der Waals surface area contributed by atoms with Crippen molar-refractivity contribution < 1.29 is 22.7 Å². The molecule has 0 aliphatic carbocycles. The van der Waals surface area contributed by atoms with Crippen LogP contribution < -0.4 is 5.32 Å². The second kappa shape index (κ2) is 9.46. The van der Waals surface area contributed by atoms with Crippen molar-refractivity contribution in [2.75, 3.05) is 38.1 Å². The molecule has 0 bridgehead atoms. The molecule has 1 N–H and O–H groups in total. The summed E-state index contributed by atoms with van der Waals surface area (Å²) in [5.74, 6) is -0.393. The number of hydrogen-bond acceptors (Lipinski definition) is 5. The minimum absolute atomic E-state index is 0.0846. The van der Waals surface area contributed by atoms with Crippen LogP contribution in [0.15, 0.2) is 53.4 Å². The molecule has 3 rings (SSSR count). The van der Waals surface area contributed by atoms with Crippen LogP contribution in [0.1, 0.15) is 17.3 Å². The Labute approximate surface area is 180 Å². The molecule has 1 fully saturated rings. The maximum absolute atomic E-state index is 12.9. The van der Waals surface area contributed by atoms with Crippen LogP contribution in [-0.4, -0.2) is 62.4 Å². The number of nitrogens with zero attached hydrogens (tertiary/aromatic N) is 2. The third kappa shape index (κ3) is 4.92. The number of halogens is 1. The van der Waals surface area contributed by atoms with Crippen LogP contribution in [0, 0.1) is 0 Å². The van der Waals surface area contributed by atoms with Crippen molar-refractivity contribution in [2.24, 2.45) is 0 Å². The third-order valence-electron chi connectivity index (χ3n) is 4.64. The number of ether oxygens (including phenoxy) is 1. The van der Waals surface area contributed by atoms with Gasteiger partial charge in [-0.15, -0.1) is 0 Å². The first-order chi connectivity index (χ1) is 14.3. The molecule has 0 unspecified atom stereocenters. The van der Waals surface area contributed by atoms with E-state index >= 15 is 0 Å². The van der Waals surface area contributed by atoms with Gasteiger partial charge in [0, 0.05) is 31.7 Å². The van der Waals surface area contributed by atoms with E-state index in [4.69, 9.17) is 16.3 Å². The van der Waals surface area contributed by atoms with Crippen molar-refractivity contribution in [1.29, 1.82) is 0 Å². The summed E-state index contributed by atoms with van der Waals surface area (Å²) in [4.78, 5) is 25.7. The number of hydrogen-bond donors (Lipinski definition) is 1. The summed E-state index contributed by atoms with van der Waals surface area (Å²) in [6.07, 6.45) is -0.441. The number of carbonyl (C=O) groups excluding carboxylic acids is 2. The number of anilines is 1. The Morgan fingerprint density at radius 1 is 1.03 bits per heavy atom. The van der Waals surface area contributed by atoms with Crippen molar-refractivity contribution in [3.05, 3.63) is 59.1 Å². The van der Waals surface area contributed by atoms with Gasteiger partial charge in [-0.05, 0) is 43.3 Å². The van der Waals surface area contributed by atoms with Crippen molar-refractivity contribution in [1.82, 2.24) is 9.21 Å². The molecule has 8 nitrogen and oxygen atoms in total. The van der Waals surface area contributed by atoms with E-state index < -0.39 is 22.0 Å². The lowest BCUT2D eigenvalue weighted by Gasteiger charge is -2.33. The highest BCUT2D eigenvalue weighted by Crippen LogP contribution is 2.22. The molecule has 2 aromatic carbocycles. The molecule has 0 atom stereocenters. The molecular weight excluding hydrogens is 430 g/mol. The highest BCUT2D eigenvalue weighted by atomic mass is 35.5. The van der Waals surface area contributed by atoms with Gasteiger partial charge in [0.05, 0.1) is 22.2 Å². The SMILES string of the molecule is CCOC(=O)N1CCN(S(=O)(=O)c2ccc(C(=O)Nc3ccccc3Cl)cc2)CC1. The van der Waals surface area contributed by atoms with Gasteiger partial charge in [0.15, 0.2) is 0 Å². The Morgan fingerprint density at radius 2 is 1.67 bits per heavy atom. The lowest BCUT2D eigenvalue weighted by atomic mass is 10.2. The van der Waals surface area contributed by atoms with Crippen molar-refractivity contribution >= 4 is 39.3 Å². The molecule has 0 spiro atoms. The normalized spacial score (nSPS) is 14.9. The highest BCUT2D eigenvalue weighted by molar-refractivity contribution is 7.89. The quantitative estimate of drug-likeness (QED) is 0.753. The molecular formula is C20H22ClN3O5S. The van der Waals surface area contributed by atoms with Crippen LogP contribution in [0.4, 0.5) is 10.5 Å². The van der Waals surface area contributed by atoms with Crippen molar-refractivity contribution in [2.45, 2.75) is 11.8 Å². The first kappa shape index (κ1) is 22.1. The lowest BCUT2D eigenvalue weighted by molar-refractivity contribution is 0.0933. The third-order valence-corrected chi connectivity index (χ3v) is 6.88.